The van der Waals surface area contributed by atoms with Gasteiger partial charge < -0.3 is 29.2 Å². The van der Waals surface area contributed by atoms with Gasteiger partial charge in [-0.2, -0.15) is 0 Å². The highest BCUT2D eigenvalue weighted by Gasteiger charge is 2.77. The number of aliphatic carboxylic acids is 2. The minimum Gasteiger partial charge on any atom is -0.481 e. The van der Waals surface area contributed by atoms with E-state index in [1.54, 1.807) is 0 Å². The van der Waals surface area contributed by atoms with Gasteiger partial charge in [-0.3, -0.25) is 19.2 Å². The number of esters is 2. The topological polar surface area (TPSA) is 146 Å². The number of methoxy groups -OCH3 is 2. The molecule has 0 saturated heterocycles. The van der Waals surface area contributed by atoms with Gasteiger partial charge in [-0.25, -0.2) is 0 Å². The second-order valence-electron chi connectivity index (χ2n) is 8.47. The predicted octanol–water partition coefficient (Wildman–Crippen LogP) is 0.777. The standard InChI is InChI=1S/C18H24O10/c1-25-9-27-13(23)17-4-15(11(19)20)3-16(5-17,12(21)22)7-18(6-15,8-17)14(24)28-10-26-2/h3-10H2,1-2H3,(H,19,20)(H,21,22). The molecule has 4 fully saturated rings. The molecule has 0 atom stereocenters. The minimum absolute atomic E-state index is 0.0187. The zero-order valence-electron chi connectivity index (χ0n) is 15.8. The highest BCUT2D eigenvalue weighted by atomic mass is 16.7. The van der Waals surface area contributed by atoms with Crippen molar-refractivity contribution in [2.75, 3.05) is 27.8 Å². The summed E-state index contributed by atoms with van der Waals surface area (Å²) in [5.41, 5.74) is -5.86. The first-order valence-electron chi connectivity index (χ1n) is 8.89. The van der Waals surface area contributed by atoms with Gasteiger partial charge in [-0.1, -0.05) is 0 Å². The number of carbonyl (C=O) groups excluding carboxylic acids is 2. The monoisotopic (exact) mass is 400 g/mol. The van der Waals surface area contributed by atoms with Crippen LogP contribution in [0.2, 0.25) is 0 Å². The molecule has 156 valence electrons. The molecule has 0 aliphatic heterocycles. The second-order valence-corrected chi connectivity index (χ2v) is 8.47. The first-order chi connectivity index (χ1) is 13.1. The molecule has 0 spiro atoms. The maximum absolute atomic E-state index is 12.9. The molecule has 4 rings (SSSR count). The summed E-state index contributed by atoms with van der Waals surface area (Å²) in [5.74, 6) is -3.92. The summed E-state index contributed by atoms with van der Waals surface area (Å²) < 4.78 is 19.7. The fourth-order valence-electron chi connectivity index (χ4n) is 6.05. The van der Waals surface area contributed by atoms with E-state index in [0.717, 1.165) is 0 Å². The van der Waals surface area contributed by atoms with Crippen LogP contribution in [0.15, 0.2) is 0 Å². The van der Waals surface area contributed by atoms with Crippen molar-refractivity contribution in [2.24, 2.45) is 21.7 Å². The molecular formula is C18H24O10. The van der Waals surface area contributed by atoms with E-state index in [2.05, 4.69) is 0 Å². The highest BCUT2D eigenvalue weighted by Crippen LogP contribution is 2.74. The Bertz CT molecular complexity index is 641. The molecule has 4 aliphatic rings. The van der Waals surface area contributed by atoms with Gasteiger partial charge in [-0.05, 0) is 38.5 Å². The van der Waals surface area contributed by atoms with Crippen LogP contribution in [-0.4, -0.2) is 61.9 Å². The van der Waals surface area contributed by atoms with Gasteiger partial charge in [0.2, 0.25) is 0 Å². The number of hydrogen-bond donors (Lipinski definition) is 2. The maximum Gasteiger partial charge on any atom is 0.314 e. The van der Waals surface area contributed by atoms with Gasteiger partial charge in [0.05, 0.1) is 21.7 Å². The molecule has 0 heterocycles. The number of hydrogen-bond acceptors (Lipinski definition) is 8. The van der Waals surface area contributed by atoms with Crippen LogP contribution in [0, 0.1) is 21.7 Å². The molecule has 0 aromatic carbocycles. The molecule has 28 heavy (non-hydrogen) atoms. The predicted molar refractivity (Wildman–Crippen MR) is 88.6 cm³/mol. The van der Waals surface area contributed by atoms with Crippen molar-refractivity contribution in [3.63, 3.8) is 0 Å². The number of carbonyl (C=O) groups is 4. The molecule has 10 nitrogen and oxygen atoms in total. The summed E-state index contributed by atoms with van der Waals surface area (Å²) in [6.45, 7) is -0.691. The highest BCUT2D eigenvalue weighted by molar-refractivity contribution is 5.91. The van der Waals surface area contributed by atoms with Crippen LogP contribution < -0.4 is 0 Å². The number of carboxylic acid groups (broad SMARTS) is 2. The van der Waals surface area contributed by atoms with E-state index < -0.39 is 45.5 Å². The smallest absolute Gasteiger partial charge is 0.314 e. The Balaban J connectivity index is 2.11. The third-order valence-corrected chi connectivity index (χ3v) is 6.45. The molecule has 4 bridgehead atoms. The number of carboxylic acids is 2. The number of ether oxygens (including phenoxy) is 4. The SMILES string of the molecule is COCOC(=O)C12CC3(C(=O)O)CC(C(=O)O)(C1)CC(C(=O)OCOC)(C3)C2. The minimum atomic E-state index is -1.52. The Kier molecular flexibility index (Phi) is 4.91. The van der Waals surface area contributed by atoms with Gasteiger partial charge in [0.1, 0.15) is 0 Å². The molecule has 2 N–H and O–H groups in total. The van der Waals surface area contributed by atoms with Crippen molar-refractivity contribution in [2.45, 2.75) is 38.5 Å². The molecular weight excluding hydrogens is 376 g/mol. The van der Waals surface area contributed by atoms with Crippen molar-refractivity contribution < 1.29 is 48.3 Å². The van der Waals surface area contributed by atoms with Crippen LogP contribution in [0.25, 0.3) is 0 Å². The molecule has 10 heteroatoms. The van der Waals surface area contributed by atoms with Gasteiger partial charge in [-0.15, -0.1) is 0 Å². The first kappa shape index (κ1) is 20.5. The third-order valence-electron chi connectivity index (χ3n) is 6.45. The fourth-order valence-corrected chi connectivity index (χ4v) is 6.05. The van der Waals surface area contributed by atoms with Crippen molar-refractivity contribution >= 4 is 23.9 Å². The van der Waals surface area contributed by atoms with Crippen LogP contribution in [0.1, 0.15) is 38.5 Å². The molecule has 0 unspecified atom stereocenters. The van der Waals surface area contributed by atoms with E-state index in [1.165, 1.54) is 14.2 Å². The summed E-state index contributed by atoms with van der Waals surface area (Å²) in [4.78, 5) is 50.3. The average Bonchev–Trinajstić information content (AvgIpc) is 2.62. The van der Waals surface area contributed by atoms with E-state index >= 15 is 0 Å². The lowest BCUT2D eigenvalue weighted by molar-refractivity contribution is -0.237. The molecule has 0 aromatic rings. The summed E-state index contributed by atoms with van der Waals surface area (Å²) in [7, 11) is 2.65. The lowest BCUT2D eigenvalue weighted by Crippen LogP contribution is -2.68. The Morgan fingerprint density at radius 1 is 0.643 bits per heavy atom. The Labute approximate surface area is 161 Å². The van der Waals surface area contributed by atoms with E-state index in [1.807, 2.05) is 0 Å². The molecule has 0 aromatic heterocycles. The summed E-state index contributed by atoms with van der Waals surface area (Å²) >= 11 is 0. The van der Waals surface area contributed by atoms with Crippen LogP contribution in [0.3, 0.4) is 0 Å². The number of rotatable bonds is 8. The summed E-state index contributed by atoms with van der Waals surface area (Å²) in [6, 6.07) is 0. The van der Waals surface area contributed by atoms with E-state index in [0.29, 0.717) is 0 Å². The fraction of sp³-hybridized carbons (Fsp3) is 0.778. The first-order valence-corrected chi connectivity index (χ1v) is 8.89. The van der Waals surface area contributed by atoms with Crippen LogP contribution >= 0.6 is 0 Å². The second kappa shape index (κ2) is 6.70. The largest absolute Gasteiger partial charge is 0.481 e. The van der Waals surface area contributed by atoms with E-state index in [9.17, 15) is 29.4 Å². The average molecular weight is 400 g/mol. The molecule has 0 radical (unpaired) electrons. The van der Waals surface area contributed by atoms with Crippen molar-refractivity contribution in [1.82, 2.24) is 0 Å². The van der Waals surface area contributed by atoms with Crippen LogP contribution in [0.5, 0.6) is 0 Å². The quantitative estimate of drug-likeness (QED) is 0.442. The summed E-state index contributed by atoms with van der Waals surface area (Å²) in [5, 5.41) is 19.9. The molecule has 0 amide bonds. The Morgan fingerprint density at radius 3 is 1.21 bits per heavy atom. The third kappa shape index (κ3) is 2.86. The van der Waals surface area contributed by atoms with E-state index in [-0.39, 0.29) is 52.1 Å². The van der Waals surface area contributed by atoms with Gasteiger partial charge >= 0.3 is 23.9 Å². The van der Waals surface area contributed by atoms with Crippen molar-refractivity contribution in [1.29, 1.82) is 0 Å². The van der Waals surface area contributed by atoms with Gasteiger partial charge in [0.15, 0.2) is 13.6 Å². The maximum atomic E-state index is 12.9. The normalized spacial score (nSPS) is 38.1. The Hall–Kier alpha value is -2.20. The zero-order chi connectivity index (χ0) is 20.8. The van der Waals surface area contributed by atoms with Crippen LogP contribution in [-0.2, 0) is 38.1 Å². The van der Waals surface area contributed by atoms with Crippen LogP contribution in [0.4, 0.5) is 0 Å². The van der Waals surface area contributed by atoms with Crippen molar-refractivity contribution in [3.8, 4) is 0 Å². The van der Waals surface area contributed by atoms with Gasteiger partial charge in [0, 0.05) is 14.2 Å². The summed E-state index contributed by atoms with van der Waals surface area (Å²) in [6.07, 6.45) is -0.463. The lowest BCUT2D eigenvalue weighted by Gasteiger charge is -2.65. The molecule has 4 saturated carbocycles. The molecule has 4 aliphatic carbocycles. The van der Waals surface area contributed by atoms with E-state index in [4.69, 9.17) is 18.9 Å². The van der Waals surface area contributed by atoms with Crippen molar-refractivity contribution in [3.05, 3.63) is 0 Å². The lowest BCUT2D eigenvalue weighted by atomic mass is 9.35. The zero-order valence-corrected chi connectivity index (χ0v) is 15.8. The Morgan fingerprint density at radius 2 is 0.929 bits per heavy atom. The van der Waals surface area contributed by atoms with Gasteiger partial charge in [0.25, 0.3) is 0 Å².